The molecule has 40 heavy (non-hydrogen) atoms. The lowest BCUT2D eigenvalue weighted by molar-refractivity contribution is -0.161. The van der Waals surface area contributed by atoms with Crippen molar-refractivity contribution in [2.75, 3.05) is 6.61 Å². The largest absolute Gasteiger partial charge is 0.394 e. The molecule has 238 valence electrons. The molecule has 0 spiro atoms. The van der Waals surface area contributed by atoms with Crippen molar-refractivity contribution in [2.45, 2.75) is 206 Å². The Balaban J connectivity index is 3.14. The van der Waals surface area contributed by atoms with Crippen LogP contribution in [0.3, 0.4) is 0 Å². The van der Waals surface area contributed by atoms with Crippen molar-refractivity contribution >= 4 is 11.9 Å². The maximum absolute atomic E-state index is 11.5. The van der Waals surface area contributed by atoms with Crippen molar-refractivity contribution < 1.29 is 19.4 Å². The van der Waals surface area contributed by atoms with Gasteiger partial charge < -0.3 is 15.6 Å². The van der Waals surface area contributed by atoms with Crippen LogP contribution >= 0.6 is 0 Å². The molecule has 0 saturated heterocycles. The Bertz CT molecular complexity index is 539. The summed E-state index contributed by atoms with van der Waals surface area (Å²) >= 11 is 0. The Labute approximate surface area is 249 Å². The molecule has 3 N–H and O–H groups in total. The Morgan fingerprint density at radius 1 is 0.500 bits per heavy atom. The first-order valence-electron chi connectivity index (χ1n) is 17.7. The van der Waals surface area contributed by atoms with Crippen LogP contribution in [0.1, 0.15) is 200 Å². The molecule has 0 aliphatic carbocycles. The first-order valence-corrected chi connectivity index (χ1v) is 17.7. The van der Waals surface area contributed by atoms with Gasteiger partial charge in [0, 0.05) is 6.42 Å². The fourth-order valence-electron chi connectivity index (χ4n) is 5.43. The third kappa shape index (κ3) is 30.0. The van der Waals surface area contributed by atoms with E-state index in [2.05, 4.69) is 11.7 Å². The summed E-state index contributed by atoms with van der Waals surface area (Å²) in [6.07, 6.45) is 39.8. The highest BCUT2D eigenvalue weighted by Crippen LogP contribution is 2.16. The molecular formula is C35H69NO4. The summed E-state index contributed by atoms with van der Waals surface area (Å²) in [5, 5.41) is 8.77. The Hall–Kier alpha value is -0.940. The third-order valence-electron chi connectivity index (χ3n) is 8.20. The van der Waals surface area contributed by atoms with E-state index < -0.39 is 24.6 Å². The van der Waals surface area contributed by atoms with Gasteiger partial charge in [-0.3, -0.25) is 4.79 Å². The quantitative estimate of drug-likeness (QED) is 0.0479. The van der Waals surface area contributed by atoms with Gasteiger partial charge >= 0.3 is 11.9 Å². The molecule has 1 atom stereocenters. The molecule has 5 heteroatoms. The van der Waals surface area contributed by atoms with Crippen LogP contribution in [-0.2, 0) is 14.3 Å². The zero-order valence-corrected chi connectivity index (χ0v) is 26.7. The van der Waals surface area contributed by atoms with Crippen LogP contribution in [0, 0.1) is 0 Å². The van der Waals surface area contributed by atoms with Crippen molar-refractivity contribution in [3.05, 3.63) is 0 Å². The molecule has 0 aliphatic rings. The van der Waals surface area contributed by atoms with Crippen molar-refractivity contribution in [3.8, 4) is 0 Å². The highest BCUT2D eigenvalue weighted by atomic mass is 16.6. The normalized spacial score (nSPS) is 12.1. The number of hydrogen-bond acceptors (Lipinski definition) is 5. The number of ether oxygens (including phenoxy) is 1. The molecule has 0 bridgehead atoms. The number of carbonyl (C=O) groups excluding carboxylic acids is 2. The smallest absolute Gasteiger partial charge is 0.332 e. The molecule has 0 aliphatic heterocycles. The van der Waals surface area contributed by atoms with Gasteiger partial charge in [0.05, 0.1) is 6.61 Å². The van der Waals surface area contributed by atoms with Crippen LogP contribution in [-0.4, -0.2) is 29.7 Å². The Kier molecular flexibility index (Phi) is 31.8. The molecule has 0 aromatic heterocycles. The number of carbonyl (C=O) groups is 2. The van der Waals surface area contributed by atoms with Gasteiger partial charge in [0.1, 0.15) is 6.04 Å². The van der Waals surface area contributed by atoms with Crippen LogP contribution in [0.2, 0.25) is 0 Å². The molecular weight excluding hydrogens is 498 g/mol. The van der Waals surface area contributed by atoms with Crippen LogP contribution in [0.15, 0.2) is 0 Å². The van der Waals surface area contributed by atoms with E-state index in [1.165, 1.54) is 167 Å². The van der Waals surface area contributed by atoms with Crippen LogP contribution < -0.4 is 5.73 Å². The average Bonchev–Trinajstić information content (AvgIpc) is 2.95. The summed E-state index contributed by atoms with van der Waals surface area (Å²) in [6, 6.07) is -1.13. The standard InChI is InChI=1S/C35H69NO4/c1-2-3-4-5-6-7-8-9-10-11-12-13-14-15-16-17-18-19-20-21-22-23-24-25-26-27-28-29-30-31-34(38)40-35(39)33(36)32-37/h33,37H,2-32,36H2,1H3/t33-/m0/s1. The van der Waals surface area contributed by atoms with Crippen molar-refractivity contribution in [2.24, 2.45) is 5.73 Å². The van der Waals surface area contributed by atoms with Gasteiger partial charge in [-0.05, 0) is 6.42 Å². The van der Waals surface area contributed by atoms with Gasteiger partial charge in [0.25, 0.3) is 0 Å². The lowest BCUT2D eigenvalue weighted by Gasteiger charge is -2.07. The second-order valence-electron chi connectivity index (χ2n) is 12.2. The molecule has 0 amide bonds. The number of aliphatic hydroxyl groups excluding tert-OH is 1. The second-order valence-corrected chi connectivity index (χ2v) is 12.2. The van der Waals surface area contributed by atoms with E-state index in [1.807, 2.05) is 0 Å². The van der Waals surface area contributed by atoms with Crippen molar-refractivity contribution in [1.29, 1.82) is 0 Å². The molecule has 0 aromatic carbocycles. The zero-order chi connectivity index (χ0) is 29.4. The summed E-state index contributed by atoms with van der Waals surface area (Å²) in [6.45, 7) is 1.79. The van der Waals surface area contributed by atoms with Gasteiger partial charge in [0.2, 0.25) is 0 Å². The van der Waals surface area contributed by atoms with E-state index in [9.17, 15) is 9.59 Å². The van der Waals surface area contributed by atoms with Crippen LogP contribution in [0.5, 0.6) is 0 Å². The molecule has 0 heterocycles. The highest BCUT2D eigenvalue weighted by Gasteiger charge is 2.17. The van der Waals surface area contributed by atoms with Crippen molar-refractivity contribution in [1.82, 2.24) is 0 Å². The third-order valence-corrected chi connectivity index (χ3v) is 8.20. The SMILES string of the molecule is CCCCCCCCCCCCCCCCCCCCCCCCCCCCCCCC(=O)OC(=O)[C@@H](N)CO. The fraction of sp³-hybridized carbons (Fsp3) is 0.943. The predicted octanol–water partition coefficient (Wildman–Crippen LogP) is 10.1. The minimum absolute atomic E-state index is 0.239. The Morgan fingerprint density at radius 2 is 0.750 bits per heavy atom. The van der Waals surface area contributed by atoms with Crippen molar-refractivity contribution in [3.63, 3.8) is 0 Å². The summed E-state index contributed by atoms with van der Waals surface area (Å²) in [7, 11) is 0. The van der Waals surface area contributed by atoms with Crippen LogP contribution in [0.4, 0.5) is 0 Å². The van der Waals surface area contributed by atoms with E-state index in [0.717, 1.165) is 19.3 Å². The second kappa shape index (κ2) is 32.6. The van der Waals surface area contributed by atoms with Gasteiger partial charge in [-0.15, -0.1) is 0 Å². The first kappa shape index (κ1) is 39.1. The maximum Gasteiger partial charge on any atom is 0.332 e. The lowest BCUT2D eigenvalue weighted by Crippen LogP contribution is -2.36. The number of unbranched alkanes of at least 4 members (excludes halogenated alkanes) is 28. The van der Waals surface area contributed by atoms with E-state index in [1.54, 1.807) is 0 Å². The van der Waals surface area contributed by atoms with E-state index >= 15 is 0 Å². The average molecular weight is 568 g/mol. The van der Waals surface area contributed by atoms with E-state index in [0.29, 0.717) is 0 Å². The number of nitrogens with two attached hydrogens (primary N) is 1. The summed E-state index contributed by atoms with van der Waals surface area (Å²) < 4.78 is 4.60. The van der Waals surface area contributed by atoms with Gasteiger partial charge in [0.15, 0.2) is 0 Å². The topological polar surface area (TPSA) is 89.6 Å². The van der Waals surface area contributed by atoms with E-state index in [4.69, 9.17) is 10.8 Å². The van der Waals surface area contributed by atoms with E-state index in [-0.39, 0.29) is 6.42 Å². The number of esters is 2. The molecule has 0 fully saturated rings. The monoisotopic (exact) mass is 568 g/mol. The minimum Gasteiger partial charge on any atom is -0.394 e. The molecule has 0 rings (SSSR count). The minimum atomic E-state index is -1.13. The lowest BCUT2D eigenvalue weighted by atomic mass is 10.0. The summed E-state index contributed by atoms with van der Waals surface area (Å²) in [5.41, 5.74) is 5.32. The Morgan fingerprint density at radius 3 is 1.00 bits per heavy atom. The first-order chi connectivity index (χ1) is 19.6. The summed E-state index contributed by atoms with van der Waals surface area (Å²) in [5.74, 6) is -1.39. The molecule has 5 nitrogen and oxygen atoms in total. The van der Waals surface area contributed by atoms with Gasteiger partial charge in [-0.2, -0.15) is 0 Å². The number of rotatable bonds is 32. The number of aliphatic hydroxyl groups is 1. The maximum atomic E-state index is 11.5. The zero-order valence-electron chi connectivity index (χ0n) is 26.7. The predicted molar refractivity (Wildman–Crippen MR) is 170 cm³/mol. The molecule has 0 saturated carbocycles. The molecule has 0 unspecified atom stereocenters. The van der Waals surface area contributed by atoms with Crippen LogP contribution in [0.25, 0.3) is 0 Å². The summed E-state index contributed by atoms with van der Waals surface area (Å²) in [4.78, 5) is 22.9. The van der Waals surface area contributed by atoms with Gasteiger partial charge in [-0.1, -0.05) is 187 Å². The molecule has 0 radical (unpaired) electrons. The fourth-order valence-corrected chi connectivity index (χ4v) is 5.43. The molecule has 0 aromatic rings. The highest BCUT2D eigenvalue weighted by molar-refractivity contribution is 5.88. The van der Waals surface area contributed by atoms with Gasteiger partial charge in [-0.25, -0.2) is 4.79 Å². The number of hydrogen-bond donors (Lipinski definition) is 2.